The summed E-state index contributed by atoms with van der Waals surface area (Å²) in [6.45, 7) is 3.98. The number of alkyl halides is 3. The molecular formula is C15H16F3N3O. The maximum atomic E-state index is 12.5. The Balaban J connectivity index is 2.06. The van der Waals surface area contributed by atoms with Gasteiger partial charge in [-0.1, -0.05) is 26.0 Å². The van der Waals surface area contributed by atoms with Crippen molar-refractivity contribution in [2.45, 2.75) is 26.6 Å². The van der Waals surface area contributed by atoms with E-state index in [1.54, 1.807) is 38.1 Å². The van der Waals surface area contributed by atoms with Gasteiger partial charge in [0.15, 0.2) is 5.69 Å². The quantitative estimate of drug-likeness (QED) is 0.943. The van der Waals surface area contributed by atoms with Crippen LogP contribution in [0.2, 0.25) is 0 Å². The molecule has 0 saturated heterocycles. The van der Waals surface area contributed by atoms with E-state index in [2.05, 4.69) is 10.4 Å². The number of hydrogen-bond donors (Lipinski definition) is 1. The second-order valence-electron chi connectivity index (χ2n) is 5.18. The van der Waals surface area contributed by atoms with Crippen molar-refractivity contribution in [3.63, 3.8) is 0 Å². The molecule has 1 heterocycles. The zero-order chi connectivity index (χ0) is 16.3. The molecule has 2 aromatic rings. The molecule has 0 fully saturated rings. The summed E-state index contributed by atoms with van der Waals surface area (Å²) in [7, 11) is 0. The van der Waals surface area contributed by atoms with Crippen LogP contribution in [0.4, 0.5) is 13.2 Å². The van der Waals surface area contributed by atoms with E-state index in [4.69, 9.17) is 0 Å². The topological polar surface area (TPSA) is 46.9 Å². The summed E-state index contributed by atoms with van der Waals surface area (Å²) < 4.78 is 38.7. The monoisotopic (exact) mass is 311 g/mol. The molecule has 7 heteroatoms. The van der Waals surface area contributed by atoms with Gasteiger partial charge in [0.1, 0.15) is 0 Å². The Bertz CT molecular complexity index is 645. The van der Waals surface area contributed by atoms with Crippen LogP contribution in [0.3, 0.4) is 0 Å². The number of hydrogen-bond acceptors (Lipinski definition) is 2. The molecule has 0 saturated carbocycles. The number of carbonyl (C=O) groups is 1. The Hall–Kier alpha value is -2.31. The van der Waals surface area contributed by atoms with E-state index in [1.165, 1.54) is 10.9 Å². The number of nitrogens with one attached hydrogen (secondary N) is 1. The third-order valence-corrected chi connectivity index (χ3v) is 3.07. The molecular weight excluding hydrogens is 295 g/mol. The van der Waals surface area contributed by atoms with E-state index in [9.17, 15) is 18.0 Å². The van der Waals surface area contributed by atoms with Crippen molar-refractivity contribution in [3.05, 3.63) is 47.8 Å². The SMILES string of the molecule is CC(C)C(=O)NCc1ccc(-n2ccc(C(F)(F)F)n2)cc1. The normalized spacial score (nSPS) is 11.7. The van der Waals surface area contributed by atoms with Crippen molar-refractivity contribution >= 4 is 5.91 Å². The van der Waals surface area contributed by atoms with Gasteiger partial charge in [-0.2, -0.15) is 18.3 Å². The molecule has 1 aromatic carbocycles. The fourth-order valence-corrected chi connectivity index (χ4v) is 1.78. The van der Waals surface area contributed by atoms with Crippen LogP contribution in [-0.4, -0.2) is 15.7 Å². The van der Waals surface area contributed by atoms with E-state index >= 15 is 0 Å². The van der Waals surface area contributed by atoms with Crippen molar-refractivity contribution in [2.24, 2.45) is 5.92 Å². The fourth-order valence-electron chi connectivity index (χ4n) is 1.78. The molecule has 1 amide bonds. The summed E-state index contributed by atoms with van der Waals surface area (Å²) >= 11 is 0. The van der Waals surface area contributed by atoms with Crippen molar-refractivity contribution in [1.29, 1.82) is 0 Å². The number of nitrogens with zero attached hydrogens (tertiary/aromatic N) is 2. The van der Waals surface area contributed by atoms with E-state index < -0.39 is 11.9 Å². The lowest BCUT2D eigenvalue weighted by Gasteiger charge is -2.08. The van der Waals surface area contributed by atoms with Crippen LogP contribution in [0.5, 0.6) is 0 Å². The molecule has 2 rings (SSSR count). The average molecular weight is 311 g/mol. The van der Waals surface area contributed by atoms with Crippen molar-refractivity contribution in [3.8, 4) is 5.69 Å². The molecule has 118 valence electrons. The average Bonchev–Trinajstić information content (AvgIpc) is 2.95. The highest BCUT2D eigenvalue weighted by molar-refractivity contribution is 5.77. The van der Waals surface area contributed by atoms with Gasteiger partial charge in [-0.15, -0.1) is 0 Å². The van der Waals surface area contributed by atoms with E-state index in [-0.39, 0.29) is 11.8 Å². The van der Waals surface area contributed by atoms with Crippen molar-refractivity contribution < 1.29 is 18.0 Å². The van der Waals surface area contributed by atoms with Gasteiger partial charge in [0, 0.05) is 18.7 Å². The predicted octanol–water partition coefficient (Wildman–Crippen LogP) is 3.16. The Labute approximate surface area is 125 Å². The number of carbonyl (C=O) groups excluding carboxylic acids is 1. The number of amides is 1. The van der Waals surface area contributed by atoms with Crippen molar-refractivity contribution in [1.82, 2.24) is 15.1 Å². The summed E-state index contributed by atoms with van der Waals surface area (Å²) in [5, 5.41) is 6.27. The lowest BCUT2D eigenvalue weighted by Crippen LogP contribution is -2.27. The lowest BCUT2D eigenvalue weighted by atomic mass is 10.1. The van der Waals surface area contributed by atoms with Crippen molar-refractivity contribution in [2.75, 3.05) is 0 Å². The van der Waals surface area contributed by atoms with Gasteiger partial charge in [-0.3, -0.25) is 4.79 Å². The molecule has 0 aliphatic rings. The van der Waals surface area contributed by atoms with Crippen LogP contribution in [0.1, 0.15) is 25.1 Å². The summed E-state index contributed by atoms with van der Waals surface area (Å²) in [6.07, 6.45) is -3.19. The summed E-state index contributed by atoms with van der Waals surface area (Å²) in [4.78, 5) is 11.5. The molecule has 4 nitrogen and oxygen atoms in total. The van der Waals surface area contributed by atoms with Crippen LogP contribution < -0.4 is 5.32 Å². The van der Waals surface area contributed by atoms with Crippen LogP contribution in [-0.2, 0) is 17.5 Å². The van der Waals surface area contributed by atoms with E-state index in [0.29, 0.717) is 12.2 Å². The molecule has 1 aromatic heterocycles. The lowest BCUT2D eigenvalue weighted by molar-refractivity contribution is -0.141. The Morgan fingerprint density at radius 1 is 1.23 bits per heavy atom. The van der Waals surface area contributed by atoms with E-state index in [1.807, 2.05) is 0 Å². The number of benzene rings is 1. The summed E-state index contributed by atoms with van der Waals surface area (Å²) in [5.41, 5.74) is 0.455. The molecule has 0 atom stereocenters. The van der Waals surface area contributed by atoms with Crippen LogP contribution in [0.25, 0.3) is 5.69 Å². The van der Waals surface area contributed by atoms with Gasteiger partial charge < -0.3 is 5.32 Å². The third-order valence-electron chi connectivity index (χ3n) is 3.07. The molecule has 0 aliphatic carbocycles. The van der Waals surface area contributed by atoms with Gasteiger partial charge in [-0.25, -0.2) is 4.68 Å². The second-order valence-corrected chi connectivity index (χ2v) is 5.18. The first-order chi connectivity index (χ1) is 10.3. The largest absolute Gasteiger partial charge is 0.435 e. The number of aromatic nitrogens is 2. The summed E-state index contributed by atoms with van der Waals surface area (Å²) in [6, 6.07) is 7.72. The fraction of sp³-hybridized carbons (Fsp3) is 0.333. The minimum atomic E-state index is -4.45. The predicted molar refractivity (Wildman–Crippen MR) is 75.3 cm³/mol. The highest BCUT2D eigenvalue weighted by Gasteiger charge is 2.33. The third kappa shape index (κ3) is 3.87. The minimum Gasteiger partial charge on any atom is -0.352 e. The standard InChI is InChI=1S/C15H16F3N3O/c1-10(2)14(22)19-9-11-3-5-12(6-4-11)21-8-7-13(20-21)15(16,17)18/h3-8,10H,9H2,1-2H3,(H,19,22). The first-order valence-corrected chi connectivity index (χ1v) is 6.77. The minimum absolute atomic E-state index is 0.0500. The van der Waals surface area contributed by atoms with Gasteiger partial charge >= 0.3 is 6.18 Å². The number of rotatable bonds is 4. The Morgan fingerprint density at radius 3 is 2.36 bits per heavy atom. The Morgan fingerprint density at radius 2 is 1.86 bits per heavy atom. The molecule has 0 unspecified atom stereocenters. The van der Waals surface area contributed by atoms with Crippen LogP contribution in [0.15, 0.2) is 36.5 Å². The molecule has 0 bridgehead atoms. The van der Waals surface area contributed by atoms with Gasteiger partial charge in [0.05, 0.1) is 5.69 Å². The molecule has 22 heavy (non-hydrogen) atoms. The second kappa shape index (κ2) is 6.21. The molecule has 1 N–H and O–H groups in total. The summed E-state index contributed by atoms with van der Waals surface area (Å²) in [5.74, 6) is -0.143. The maximum absolute atomic E-state index is 12.5. The first kappa shape index (κ1) is 16.1. The Kier molecular flexibility index (Phi) is 4.54. The smallest absolute Gasteiger partial charge is 0.352 e. The molecule has 0 radical (unpaired) electrons. The molecule has 0 spiro atoms. The zero-order valence-electron chi connectivity index (χ0n) is 12.2. The van der Waals surface area contributed by atoms with Gasteiger partial charge in [0.2, 0.25) is 5.91 Å². The maximum Gasteiger partial charge on any atom is 0.435 e. The first-order valence-electron chi connectivity index (χ1n) is 6.77. The van der Waals surface area contributed by atoms with Gasteiger partial charge in [0.25, 0.3) is 0 Å². The van der Waals surface area contributed by atoms with Crippen LogP contribution in [0, 0.1) is 5.92 Å². The van der Waals surface area contributed by atoms with E-state index in [0.717, 1.165) is 11.6 Å². The molecule has 0 aliphatic heterocycles. The van der Waals surface area contributed by atoms with Crippen LogP contribution >= 0.6 is 0 Å². The van der Waals surface area contributed by atoms with Gasteiger partial charge in [-0.05, 0) is 23.8 Å². The highest BCUT2D eigenvalue weighted by Crippen LogP contribution is 2.27. The highest BCUT2D eigenvalue weighted by atomic mass is 19.4. The zero-order valence-corrected chi connectivity index (χ0v) is 12.2. The number of halogens is 3.